The molecule has 6 nitrogen and oxygen atoms in total. The number of carbonyl (C=O) groups excluding carboxylic acids is 1. The zero-order chi connectivity index (χ0) is 18.0. The lowest BCUT2D eigenvalue weighted by molar-refractivity contribution is -0.144. The topological polar surface area (TPSA) is 70.1 Å². The van der Waals surface area contributed by atoms with Crippen LogP contribution in [-0.4, -0.2) is 71.7 Å². The van der Waals surface area contributed by atoms with E-state index in [1.54, 1.807) is 0 Å². The van der Waals surface area contributed by atoms with E-state index in [4.69, 9.17) is 4.74 Å². The molecule has 2 heterocycles. The highest BCUT2D eigenvalue weighted by molar-refractivity contribution is 5.97. The number of carboxylic acids is 1. The van der Waals surface area contributed by atoms with Gasteiger partial charge in [-0.05, 0) is 38.8 Å². The van der Waals surface area contributed by atoms with Crippen LogP contribution in [0.3, 0.4) is 0 Å². The molecule has 136 valence electrons. The maximum Gasteiger partial charge on any atom is 0.326 e. The van der Waals surface area contributed by atoms with Crippen LogP contribution in [0.1, 0.15) is 34.3 Å². The summed E-state index contributed by atoms with van der Waals surface area (Å²) in [6.45, 7) is 7.43. The normalized spacial score (nSPS) is 25.0. The van der Waals surface area contributed by atoms with Crippen molar-refractivity contribution in [1.29, 1.82) is 0 Å². The Bertz CT molecular complexity index is 635. The number of carbonyl (C=O) groups is 2. The minimum absolute atomic E-state index is 0.181. The summed E-state index contributed by atoms with van der Waals surface area (Å²) in [4.78, 5) is 28.6. The first-order valence-electron chi connectivity index (χ1n) is 8.89. The Labute approximate surface area is 148 Å². The van der Waals surface area contributed by atoms with E-state index in [0.29, 0.717) is 31.7 Å². The van der Waals surface area contributed by atoms with Gasteiger partial charge in [0.2, 0.25) is 0 Å². The molecule has 2 aliphatic rings. The highest BCUT2D eigenvalue weighted by atomic mass is 16.5. The van der Waals surface area contributed by atoms with Gasteiger partial charge in [-0.25, -0.2) is 4.79 Å². The molecule has 1 N–H and O–H groups in total. The summed E-state index contributed by atoms with van der Waals surface area (Å²) in [5.74, 6) is -1.10. The molecule has 2 saturated heterocycles. The average Bonchev–Trinajstić information content (AvgIpc) is 2.60. The van der Waals surface area contributed by atoms with Crippen molar-refractivity contribution in [2.45, 2.75) is 38.8 Å². The maximum atomic E-state index is 12.9. The molecule has 1 aromatic rings. The van der Waals surface area contributed by atoms with Crippen LogP contribution in [0, 0.1) is 13.8 Å². The molecule has 0 unspecified atom stereocenters. The molecule has 0 aliphatic carbocycles. The van der Waals surface area contributed by atoms with Crippen molar-refractivity contribution in [3.8, 4) is 0 Å². The van der Waals surface area contributed by atoms with Gasteiger partial charge < -0.3 is 14.7 Å². The van der Waals surface area contributed by atoms with Crippen molar-refractivity contribution in [3.05, 3.63) is 34.9 Å². The monoisotopic (exact) mass is 346 g/mol. The summed E-state index contributed by atoms with van der Waals surface area (Å²) in [6, 6.07) is 5.11. The molecule has 25 heavy (non-hydrogen) atoms. The molecule has 1 amide bonds. The molecule has 2 aliphatic heterocycles. The number of piperidine rings is 1. The molecule has 2 atom stereocenters. The minimum atomic E-state index is -0.921. The summed E-state index contributed by atoms with van der Waals surface area (Å²) in [7, 11) is 0. The largest absolute Gasteiger partial charge is 0.480 e. The number of aliphatic carboxylic acids is 1. The smallest absolute Gasteiger partial charge is 0.326 e. The first-order valence-corrected chi connectivity index (χ1v) is 8.89. The maximum absolute atomic E-state index is 12.9. The zero-order valence-electron chi connectivity index (χ0n) is 14.9. The number of morpholine rings is 1. The minimum Gasteiger partial charge on any atom is -0.480 e. The molecule has 0 aromatic heterocycles. The van der Waals surface area contributed by atoms with Crippen molar-refractivity contribution in [1.82, 2.24) is 9.80 Å². The van der Waals surface area contributed by atoms with E-state index < -0.39 is 12.0 Å². The van der Waals surface area contributed by atoms with Gasteiger partial charge in [0, 0.05) is 31.2 Å². The molecular weight excluding hydrogens is 320 g/mol. The molecule has 2 fully saturated rings. The second-order valence-corrected chi connectivity index (χ2v) is 7.06. The lowest BCUT2D eigenvalue weighted by Gasteiger charge is -2.43. The van der Waals surface area contributed by atoms with E-state index in [2.05, 4.69) is 4.90 Å². The number of benzene rings is 1. The number of amides is 1. The van der Waals surface area contributed by atoms with Crippen LogP contribution in [0.25, 0.3) is 0 Å². The second kappa shape index (κ2) is 7.54. The van der Waals surface area contributed by atoms with Crippen molar-refractivity contribution >= 4 is 11.9 Å². The lowest BCUT2D eigenvalue weighted by Crippen LogP contribution is -2.56. The number of rotatable bonds is 3. The Morgan fingerprint density at radius 1 is 1.08 bits per heavy atom. The first kappa shape index (κ1) is 17.9. The van der Waals surface area contributed by atoms with Crippen molar-refractivity contribution in [2.75, 3.05) is 32.8 Å². The Balaban J connectivity index is 1.76. The van der Waals surface area contributed by atoms with Gasteiger partial charge in [-0.3, -0.25) is 9.69 Å². The van der Waals surface area contributed by atoms with Crippen LogP contribution in [0.4, 0.5) is 0 Å². The van der Waals surface area contributed by atoms with E-state index in [-0.39, 0.29) is 11.9 Å². The van der Waals surface area contributed by atoms with Gasteiger partial charge in [-0.2, -0.15) is 0 Å². The van der Waals surface area contributed by atoms with E-state index in [1.165, 1.54) is 4.90 Å². The summed E-state index contributed by atoms with van der Waals surface area (Å²) >= 11 is 0. The van der Waals surface area contributed by atoms with Gasteiger partial charge in [-0.15, -0.1) is 0 Å². The van der Waals surface area contributed by atoms with Gasteiger partial charge in [-0.1, -0.05) is 17.2 Å². The van der Waals surface area contributed by atoms with Gasteiger partial charge in [0.15, 0.2) is 0 Å². The van der Waals surface area contributed by atoms with Gasteiger partial charge in [0.1, 0.15) is 6.04 Å². The van der Waals surface area contributed by atoms with Crippen LogP contribution in [0.5, 0.6) is 0 Å². The number of aryl methyl sites for hydroxylation is 2. The van der Waals surface area contributed by atoms with Gasteiger partial charge in [0.25, 0.3) is 5.91 Å². The van der Waals surface area contributed by atoms with Gasteiger partial charge >= 0.3 is 5.97 Å². The number of hydrogen-bond acceptors (Lipinski definition) is 4. The van der Waals surface area contributed by atoms with Crippen molar-refractivity contribution in [2.24, 2.45) is 0 Å². The molecule has 0 bridgehead atoms. The SMILES string of the molecule is Cc1cc(C)cc(C(=O)N2CC[C@H](N3CCOCC3)C[C@H]2C(=O)O)c1. The predicted molar refractivity (Wildman–Crippen MR) is 93.8 cm³/mol. The van der Waals surface area contributed by atoms with E-state index >= 15 is 0 Å². The average molecular weight is 346 g/mol. The van der Waals surface area contributed by atoms with Crippen LogP contribution in [-0.2, 0) is 9.53 Å². The fraction of sp³-hybridized carbons (Fsp3) is 0.579. The van der Waals surface area contributed by atoms with Gasteiger partial charge in [0.05, 0.1) is 13.2 Å². The fourth-order valence-electron chi connectivity index (χ4n) is 3.96. The Kier molecular flexibility index (Phi) is 5.39. The van der Waals surface area contributed by atoms with Crippen LogP contribution in [0.2, 0.25) is 0 Å². The number of hydrogen-bond donors (Lipinski definition) is 1. The Morgan fingerprint density at radius 2 is 1.72 bits per heavy atom. The molecule has 0 spiro atoms. The van der Waals surface area contributed by atoms with E-state index in [0.717, 1.165) is 30.6 Å². The molecular formula is C19H26N2O4. The third-order valence-corrected chi connectivity index (χ3v) is 5.15. The van der Waals surface area contributed by atoms with Crippen LogP contribution >= 0.6 is 0 Å². The Hall–Kier alpha value is -1.92. The first-order chi connectivity index (χ1) is 12.0. The number of carboxylic acid groups (broad SMARTS) is 1. The molecule has 6 heteroatoms. The standard InChI is InChI=1S/C19H26N2O4/c1-13-9-14(2)11-15(10-13)18(22)21-4-3-16(12-17(21)19(23)24)20-5-7-25-8-6-20/h9-11,16-17H,3-8,12H2,1-2H3,(H,23,24)/t16-,17-/m0/s1. The molecule has 3 rings (SSSR count). The quantitative estimate of drug-likeness (QED) is 0.902. The summed E-state index contributed by atoms with van der Waals surface area (Å²) < 4.78 is 5.38. The third-order valence-electron chi connectivity index (χ3n) is 5.15. The Morgan fingerprint density at radius 3 is 2.32 bits per heavy atom. The fourth-order valence-corrected chi connectivity index (χ4v) is 3.96. The van der Waals surface area contributed by atoms with Crippen LogP contribution in [0.15, 0.2) is 18.2 Å². The van der Waals surface area contributed by atoms with Crippen LogP contribution < -0.4 is 0 Å². The molecule has 0 saturated carbocycles. The second-order valence-electron chi connectivity index (χ2n) is 7.06. The number of nitrogens with zero attached hydrogens (tertiary/aromatic N) is 2. The zero-order valence-corrected chi connectivity index (χ0v) is 14.9. The molecule has 1 aromatic carbocycles. The summed E-state index contributed by atoms with van der Waals surface area (Å²) in [5, 5.41) is 9.69. The highest BCUT2D eigenvalue weighted by Gasteiger charge is 2.38. The third kappa shape index (κ3) is 4.02. The van der Waals surface area contributed by atoms with E-state index in [1.807, 2.05) is 32.0 Å². The van der Waals surface area contributed by atoms with Crippen molar-refractivity contribution in [3.63, 3.8) is 0 Å². The van der Waals surface area contributed by atoms with Crippen molar-refractivity contribution < 1.29 is 19.4 Å². The van der Waals surface area contributed by atoms with E-state index in [9.17, 15) is 14.7 Å². The highest BCUT2D eigenvalue weighted by Crippen LogP contribution is 2.25. The molecule has 0 radical (unpaired) electrons. The lowest BCUT2D eigenvalue weighted by atomic mass is 9.94. The predicted octanol–water partition coefficient (Wildman–Crippen LogP) is 1.69. The number of likely N-dealkylation sites (tertiary alicyclic amines) is 1. The summed E-state index contributed by atoms with van der Waals surface area (Å²) in [5.41, 5.74) is 2.60. The summed E-state index contributed by atoms with van der Waals surface area (Å²) in [6.07, 6.45) is 1.28. The number of ether oxygens (including phenoxy) is 1.